The molecule has 0 aliphatic heterocycles. The summed E-state index contributed by atoms with van der Waals surface area (Å²) in [5.41, 5.74) is 4.37. The van der Waals surface area contributed by atoms with Crippen molar-refractivity contribution in [2.45, 2.75) is 13.5 Å². The third kappa shape index (κ3) is 4.32. The van der Waals surface area contributed by atoms with E-state index >= 15 is 0 Å². The fraction of sp³-hybridized carbons (Fsp3) is 0.174. The maximum absolute atomic E-state index is 12.8. The van der Waals surface area contributed by atoms with Gasteiger partial charge in [-0.15, -0.1) is 5.10 Å². The summed E-state index contributed by atoms with van der Waals surface area (Å²) >= 11 is 6.14. The minimum absolute atomic E-state index is 0.274. The molecule has 1 amide bonds. The van der Waals surface area contributed by atoms with Gasteiger partial charge >= 0.3 is 0 Å². The number of hydrogen-bond acceptors (Lipinski definition) is 5. The molecule has 1 heterocycles. The highest BCUT2D eigenvalue weighted by atomic mass is 35.5. The molecule has 0 aliphatic rings. The second-order valence-electron chi connectivity index (χ2n) is 7.06. The average molecular weight is 437 g/mol. The lowest BCUT2D eigenvalue weighted by Crippen LogP contribution is -2.13. The summed E-state index contributed by atoms with van der Waals surface area (Å²) in [6, 6.07) is 16.5. The zero-order chi connectivity index (χ0) is 22.0. The Kier molecular flexibility index (Phi) is 5.77. The number of halogens is 1. The zero-order valence-corrected chi connectivity index (χ0v) is 18.1. The van der Waals surface area contributed by atoms with E-state index in [1.165, 1.54) is 7.11 Å². The molecule has 3 aromatic carbocycles. The number of fused-ring (bicyclic) bond motifs is 1. The number of rotatable bonds is 6. The van der Waals surface area contributed by atoms with Gasteiger partial charge in [0.2, 0.25) is 0 Å². The third-order valence-electron chi connectivity index (χ3n) is 4.97. The summed E-state index contributed by atoms with van der Waals surface area (Å²) in [6.45, 7) is 2.41. The topological polar surface area (TPSA) is 78.3 Å². The average Bonchev–Trinajstić information content (AvgIpc) is 3.18. The van der Waals surface area contributed by atoms with Gasteiger partial charge in [-0.2, -0.15) is 0 Å². The summed E-state index contributed by atoms with van der Waals surface area (Å²) < 4.78 is 12.4. The Balaban J connectivity index is 1.57. The maximum Gasteiger partial charge on any atom is 0.255 e. The van der Waals surface area contributed by atoms with Crippen LogP contribution in [0.15, 0.2) is 54.6 Å². The van der Waals surface area contributed by atoms with E-state index in [1.807, 2.05) is 37.3 Å². The highest BCUT2D eigenvalue weighted by Gasteiger charge is 2.14. The fourth-order valence-corrected chi connectivity index (χ4v) is 3.45. The molecule has 0 saturated heterocycles. The second-order valence-corrected chi connectivity index (χ2v) is 7.47. The summed E-state index contributed by atoms with van der Waals surface area (Å²) in [5, 5.41) is 11.9. The maximum atomic E-state index is 12.8. The largest absolute Gasteiger partial charge is 0.497 e. The number of nitrogens with zero attached hydrogens (tertiary/aromatic N) is 3. The second kappa shape index (κ2) is 8.65. The molecule has 0 spiro atoms. The van der Waals surface area contributed by atoms with Crippen LogP contribution in [-0.2, 0) is 6.54 Å². The van der Waals surface area contributed by atoms with Crippen molar-refractivity contribution in [1.29, 1.82) is 0 Å². The number of carbonyl (C=O) groups is 1. The van der Waals surface area contributed by atoms with Crippen LogP contribution in [0.4, 0.5) is 5.69 Å². The van der Waals surface area contributed by atoms with Crippen molar-refractivity contribution in [3.05, 3.63) is 76.3 Å². The molecule has 31 heavy (non-hydrogen) atoms. The molecule has 8 heteroatoms. The Morgan fingerprint density at radius 3 is 2.71 bits per heavy atom. The van der Waals surface area contributed by atoms with E-state index in [0.717, 1.165) is 22.4 Å². The number of ether oxygens (including phenoxy) is 2. The van der Waals surface area contributed by atoms with Crippen molar-refractivity contribution in [3.63, 3.8) is 0 Å². The van der Waals surface area contributed by atoms with Gasteiger partial charge < -0.3 is 14.8 Å². The Labute approximate surface area is 184 Å². The molecule has 0 bridgehead atoms. The van der Waals surface area contributed by atoms with Crippen molar-refractivity contribution in [3.8, 4) is 11.5 Å². The van der Waals surface area contributed by atoms with Gasteiger partial charge in [0, 0.05) is 16.7 Å². The molecule has 0 saturated carbocycles. The molecule has 4 rings (SSSR count). The van der Waals surface area contributed by atoms with Gasteiger partial charge in [-0.25, -0.2) is 4.68 Å². The molecular formula is C23H21ClN4O3. The molecule has 1 N–H and O–H groups in total. The number of anilines is 1. The summed E-state index contributed by atoms with van der Waals surface area (Å²) in [4.78, 5) is 12.8. The Bertz CT molecular complexity index is 1270. The highest BCUT2D eigenvalue weighted by Crippen LogP contribution is 2.31. The van der Waals surface area contributed by atoms with E-state index in [9.17, 15) is 4.79 Å². The summed E-state index contributed by atoms with van der Waals surface area (Å²) in [7, 11) is 3.17. The van der Waals surface area contributed by atoms with Gasteiger partial charge in [0.25, 0.3) is 5.91 Å². The van der Waals surface area contributed by atoms with Crippen molar-refractivity contribution in [2.24, 2.45) is 0 Å². The SMILES string of the molecule is COc1cccc(Cn2nnc3cc(C(=O)Nc4cc(C)c(Cl)cc4OC)ccc32)c1. The number of benzene rings is 3. The van der Waals surface area contributed by atoms with Crippen molar-refractivity contribution >= 4 is 34.2 Å². The number of aryl methyl sites for hydroxylation is 1. The normalized spacial score (nSPS) is 10.8. The van der Waals surface area contributed by atoms with E-state index in [1.54, 1.807) is 36.1 Å². The number of aromatic nitrogens is 3. The van der Waals surface area contributed by atoms with E-state index in [-0.39, 0.29) is 5.91 Å². The zero-order valence-electron chi connectivity index (χ0n) is 17.3. The Hall–Kier alpha value is -3.58. The van der Waals surface area contributed by atoms with Gasteiger partial charge in [0.15, 0.2) is 0 Å². The molecular weight excluding hydrogens is 416 g/mol. The van der Waals surface area contributed by atoms with Gasteiger partial charge in [-0.05, 0) is 54.4 Å². The first-order chi connectivity index (χ1) is 15.0. The van der Waals surface area contributed by atoms with Crippen molar-refractivity contribution < 1.29 is 14.3 Å². The van der Waals surface area contributed by atoms with Crippen LogP contribution in [0.5, 0.6) is 11.5 Å². The molecule has 1 aromatic heterocycles. The van der Waals surface area contributed by atoms with Crippen LogP contribution >= 0.6 is 11.6 Å². The first-order valence-corrected chi connectivity index (χ1v) is 9.98. The van der Waals surface area contributed by atoms with E-state index in [4.69, 9.17) is 21.1 Å². The predicted octanol–water partition coefficient (Wildman–Crippen LogP) is 4.71. The number of carbonyl (C=O) groups excluding carboxylic acids is 1. The monoisotopic (exact) mass is 436 g/mol. The first kappa shape index (κ1) is 20.7. The van der Waals surface area contributed by atoms with E-state index in [2.05, 4.69) is 15.6 Å². The van der Waals surface area contributed by atoms with Crippen LogP contribution in [0.25, 0.3) is 11.0 Å². The number of nitrogens with one attached hydrogen (secondary N) is 1. The standard InChI is InChI=1S/C23H21ClN4O3/c1-14-9-20(22(31-3)12-18(14)24)25-23(29)16-7-8-21-19(11-16)26-27-28(21)13-15-5-4-6-17(10-15)30-2/h4-12H,13H2,1-3H3,(H,25,29). The van der Waals surface area contributed by atoms with Gasteiger partial charge in [-0.1, -0.05) is 28.9 Å². The third-order valence-corrected chi connectivity index (χ3v) is 5.38. The summed E-state index contributed by atoms with van der Waals surface area (Å²) in [5.74, 6) is 1.01. The molecule has 158 valence electrons. The minimum atomic E-state index is -0.274. The van der Waals surface area contributed by atoms with Crippen LogP contribution in [0.1, 0.15) is 21.5 Å². The van der Waals surface area contributed by atoms with Gasteiger partial charge in [0.1, 0.15) is 17.0 Å². The van der Waals surface area contributed by atoms with Crippen molar-refractivity contribution in [1.82, 2.24) is 15.0 Å². The van der Waals surface area contributed by atoms with Crippen LogP contribution < -0.4 is 14.8 Å². The van der Waals surface area contributed by atoms with Gasteiger partial charge in [0.05, 0.1) is 32.0 Å². The molecule has 0 unspecified atom stereocenters. The number of hydrogen-bond donors (Lipinski definition) is 1. The molecule has 7 nitrogen and oxygen atoms in total. The van der Waals surface area contributed by atoms with Crippen LogP contribution in [0.3, 0.4) is 0 Å². The summed E-state index contributed by atoms with van der Waals surface area (Å²) in [6.07, 6.45) is 0. The fourth-order valence-electron chi connectivity index (χ4n) is 3.30. The molecule has 0 radical (unpaired) electrons. The van der Waals surface area contributed by atoms with E-state index < -0.39 is 0 Å². The Morgan fingerprint density at radius 2 is 1.94 bits per heavy atom. The van der Waals surface area contributed by atoms with Crippen LogP contribution in [0.2, 0.25) is 5.02 Å². The van der Waals surface area contributed by atoms with Crippen LogP contribution in [0, 0.1) is 6.92 Å². The smallest absolute Gasteiger partial charge is 0.255 e. The number of amides is 1. The Morgan fingerprint density at radius 1 is 1.10 bits per heavy atom. The van der Waals surface area contributed by atoms with Gasteiger partial charge in [-0.3, -0.25) is 4.79 Å². The molecule has 0 atom stereocenters. The number of methoxy groups -OCH3 is 2. The predicted molar refractivity (Wildman–Crippen MR) is 120 cm³/mol. The molecule has 0 aliphatic carbocycles. The molecule has 0 fully saturated rings. The lowest BCUT2D eigenvalue weighted by Gasteiger charge is -2.12. The van der Waals surface area contributed by atoms with E-state index in [0.29, 0.717) is 34.1 Å². The lowest BCUT2D eigenvalue weighted by atomic mass is 10.1. The first-order valence-electron chi connectivity index (χ1n) is 9.60. The molecule has 4 aromatic rings. The quantitative estimate of drug-likeness (QED) is 0.473. The highest BCUT2D eigenvalue weighted by molar-refractivity contribution is 6.31. The minimum Gasteiger partial charge on any atom is -0.497 e. The van der Waals surface area contributed by atoms with Crippen molar-refractivity contribution in [2.75, 3.05) is 19.5 Å². The van der Waals surface area contributed by atoms with Crippen LogP contribution in [-0.4, -0.2) is 35.1 Å². The lowest BCUT2D eigenvalue weighted by molar-refractivity contribution is 0.102.